The van der Waals surface area contributed by atoms with Crippen LogP contribution in [0.1, 0.15) is 44.1 Å². The first-order chi connectivity index (χ1) is 8.72. The second kappa shape index (κ2) is 5.77. The van der Waals surface area contributed by atoms with Crippen molar-refractivity contribution in [3.63, 3.8) is 0 Å². The Morgan fingerprint density at radius 1 is 1.22 bits per heavy atom. The van der Waals surface area contributed by atoms with Gasteiger partial charge in [-0.05, 0) is 31.0 Å². The quantitative estimate of drug-likeness (QED) is 0.640. The van der Waals surface area contributed by atoms with E-state index < -0.39 is 0 Å². The maximum Gasteiger partial charge on any atom is 0.101 e. The lowest BCUT2D eigenvalue weighted by Crippen LogP contribution is -2.31. The molecule has 1 fully saturated rings. The van der Waals surface area contributed by atoms with Crippen molar-refractivity contribution in [1.29, 1.82) is 5.26 Å². The molecule has 1 saturated carbocycles. The lowest BCUT2D eigenvalue weighted by Gasteiger charge is -2.30. The van der Waals surface area contributed by atoms with Gasteiger partial charge in [0.15, 0.2) is 0 Å². The number of rotatable bonds is 2. The molecule has 1 aromatic rings. The van der Waals surface area contributed by atoms with Crippen LogP contribution in [0.5, 0.6) is 0 Å². The Balaban J connectivity index is 2.22. The number of nitrogens with two attached hydrogens (primary N) is 1. The van der Waals surface area contributed by atoms with Gasteiger partial charge in [0.05, 0.1) is 11.3 Å². The Bertz CT molecular complexity index is 440. The van der Waals surface area contributed by atoms with Gasteiger partial charge in [0.25, 0.3) is 0 Å². The fraction of sp³-hybridized carbons (Fsp3) is 0.533. The third-order valence-corrected chi connectivity index (χ3v) is 3.89. The van der Waals surface area contributed by atoms with Crippen LogP contribution < -0.4 is 10.6 Å². The smallest absolute Gasteiger partial charge is 0.101 e. The van der Waals surface area contributed by atoms with Crippen LogP contribution in [0.3, 0.4) is 0 Å². The minimum atomic E-state index is 0.559. The molecule has 3 heteroatoms. The molecule has 0 unspecified atom stereocenters. The zero-order chi connectivity index (χ0) is 13.0. The highest BCUT2D eigenvalue weighted by atomic mass is 15.1. The van der Waals surface area contributed by atoms with E-state index >= 15 is 0 Å². The second-order valence-corrected chi connectivity index (χ2v) is 5.14. The van der Waals surface area contributed by atoms with Crippen molar-refractivity contribution < 1.29 is 0 Å². The molecule has 18 heavy (non-hydrogen) atoms. The normalized spacial score (nSPS) is 16.9. The minimum Gasteiger partial charge on any atom is -0.399 e. The molecule has 0 aliphatic heterocycles. The molecule has 1 aromatic carbocycles. The van der Waals surface area contributed by atoms with Gasteiger partial charge in [0.1, 0.15) is 6.07 Å². The number of nitriles is 1. The molecule has 0 aromatic heterocycles. The van der Waals surface area contributed by atoms with Crippen LogP contribution in [0.4, 0.5) is 11.4 Å². The third kappa shape index (κ3) is 2.76. The molecule has 0 bridgehead atoms. The predicted octanol–water partition coefficient (Wildman–Crippen LogP) is 3.30. The molecule has 2 N–H and O–H groups in total. The summed E-state index contributed by atoms with van der Waals surface area (Å²) in [5.74, 6) is 0. The van der Waals surface area contributed by atoms with Crippen molar-refractivity contribution in [2.75, 3.05) is 17.7 Å². The summed E-state index contributed by atoms with van der Waals surface area (Å²) < 4.78 is 0. The maximum atomic E-state index is 9.21. The molecule has 1 aliphatic rings. The highest BCUT2D eigenvalue weighted by molar-refractivity contribution is 5.64. The number of hydrogen-bond acceptors (Lipinski definition) is 3. The Morgan fingerprint density at radius 3 is 2.50 bits per heavy atom. The lowest BCUT2D eigenvalue weighted by atomic mass is 10.0. The van der Waals surface area contributed by atoms with Gasteiger partial charge in [0, 0.05) is 18.8 Å². The van der Waals surface area contributed by atoms with Crippen LogP contribution in [0.2, 0.25) is 0 Å². The molecule has 0 heterocycles. The van der Waals surface area contributed by atoms with Crippen LogP contribution in [0.25, 0.3) is 0 Å². The summed E-state index contributed by atoms with van der Waals surface area (Å²) in [5.41, 5.74) is 8.09. The molecule has 0 atom stereocenters. The molecular formula is C15H21N3. The molecule has 2 rings (SSSR count). The van der Waals surface area contributed by atoms with Crippen molar-refractivity contribution in [2.45, 2.75) is 44.6 Å². The fourth-order valence-electron chi connectivity index (χ4n) is 2.79. The lowest BCUT2D eigenvalue weighted by molar-refractivity contribution is 0.553. The Labute approximate surface area is 109 Å². The highest BCUT2D eigenvalue weighted by Gasteiger charge is 2.19. The molecule has 0 saturated heterocycles. The Morgan fingerprint density at radius 2 is 1.89 bits per heavy atom. The molecule has 1 aliphatic carbocycles. The number of anilines is 2. The van der Waals surface area contributed by atoms with Gasteiger partial charge in [-0.2, -0.15) is 5.26 Å². The Kier molecular flexibility index (Phi) is 4.09. The van der Waals surface area contributed by atoms with E-state index in [1.807, 2.05) is 12.1 Å². The summed E-state index contributed by atoms with van der Waals surface area (Å²) in [5, 5.41) is 9.21. The van der Waals surface area contributed by atoms with E-state index in [0.717, 1.165) is 5.69 Å². The molecule has 0 amide bonds. The maximum absolute atomic E-state index is 9.21. The molecule has 0 radical (unpaired) electrons. The number of nitrogens with zero attached hydrogens (tertiary/aromatic N) is 2. The van der Waals surface area contributed by atoms with E-state index in [9.17, 15) is 5.26 Å². The van der Waals surface area contributed by atoms with Gasteiger partial charge in [0.2, 0.25) is 0 Å². The summed E-state index contributed by atoms with van der Waals surface area (Å²) in [6.45, 7) is 0. The second-order valence-electron chi connectivity index (χ2n) is 5.14. The predicted molar refractivity (Wildman–Crippen MR) is 75.5 cm³/mol. The largest absolute Gasteiger partial charge is 0.399 e. The summed E-state index contributed by atoms with van der Waals surface area (Å²) >= 11 is 0. The molecule has 96 valence electrons. The average Bonchev–Trinajstić information content (AvgIpc) is 2.66. The van der Waals surface area contributed by atoms with E-state index in [0.29, 0.717) is 17.3 Å². The first kappa shape index (κ1) is 12.8. The fourth-order valence-corrected chi connectivity index (χ4v) is 2.79. The van der Waals surface area contributed by atoms with E-state index in [1.54, 1.807) is 6.07 Å². The van der Waals surface area contributed by atoms with Crippen LogP contribution in [0.15, 0.2) is 18.2 Å². The van der Waals surface area contributed by atoms with Crippen molar-refractivity contribution >= 4 is 11.4 Å². The van der Waals surface area contributed by atoms with E-state index in [-0.39, 0.29) is 0 Å². The van der Waals surface area contributed by atoms with Crippen LogP contribution in [0, 0.1) is 11.3 Å². The van der Waals surface area contributed by atoms with Crippen molar-refractivity contribution in [3.05, 3.63) is 23.8 Å². The monoisotopic (exact) mass is 243 g/mol. The SMILES string of the molecule is CN(c1ccc(N)cc1C#N)C1CCCCCC1. The highest BCUT2D eigenvalue weighted by Crippen LogP contribution is 2.28. The van der Waals surface area contributed by atoms with Gasteiger partial charge in [-0.25, -0.2) is 0 Å². The van der Waals surface area contributed by atoms with Gasteiger partial charge >= 0.3 is 0 Å². The van der Waals surface area contributed by atoms with Crippen molar-refractivity contribution in [3.8, 4) is 6.07 Å². The zero-order valence-corrected chi connectivity index (χ0v) is 11.0. The summed E-state index contributed by atoms with van der Waals surface area (Å²) in [6.07, 6.45) is 7.74. The third-order valence-electron chi connectivity index (χ3n) is 3.89. The summed E-state index contributed by atoms with van der Waals surface area (Å²) in [7, 11) is 2.10. The summed E-state index contributed by atoms with van der Waals surface area (Å²) in [6, 6.07) is 8.42. The summed E-state index contributed by atoms with van der Waals surface area (Å²) in [4.78, 5) is 2.27. The van der Waals surface area contributed by atoms with Crippen LogP contribution in [-0.4, -0.2) is 13.1 Å². The van der Waals surface area contributed by atoms with E-state index in [4.69, 9.17) is 5.73 Å². The topological polar surface area (TPSA) is 53.0 Å². The van der Waals surface area contributed by atoms with Crippen LogP contribution in [-0.2, 0) is 0 Å². The Hall–Kier alpha value is -1.69. The standard InChI is InChI=1S/C15H21N3/c1-18(14-6-4-2-3-5-7-14)15-9-8-13(17)10-12(15)11-16/h8-10,14H,2-7,17H2,1H3. The van der Waals surface area contributed by atoms with Crippen LogP contribution >= 0.6 is 0 Å². The molecular weight excluding hydrogens is 222 g/mol. The number of nitrogen functional groups attached to an aromatic ring is 1. The number of benzene rings is 1. The van der Waals surface area contributed by atoms with Gasteiger partial charge in [-0.3, -0.25) is 0 Å². The molecule has 3 nitrogen and oxygen atoms in total. The van der Waals surface area contributed by atoms with Gasteiger partial charge in [-0.15, -0.1) is 0 Å². The number of hydrogen-bond donors (Lipinski definition) is 1. The zero-order valence-electron chi connectivity index (χ0n) is 11.0. The minimum absolute atomic E-state index is 0.559. The van der Waals surface area contributed by atoms with Gasteiger partial charge in [-0.1, -0.05) is 25.7 Å². The van der Waals surface area contributed by atoms with Gasteiger partial charge < -0.3 is 10.6 Å². The molecule has 0 spiro atoms. The first-order valence-electron chi connectivity index (χ1n) is 6.75. The van der Waals surface area contributed by atoms with Crippen molar-refractivity contribution in [2.24, 2.45) is 0 Å². The van der Waals surface area contributed by atoms with E-state index in [1.165, 1.54) is 38.5 Å². The van der Waals surface area contributed by atoms with E-state index in [2.05, 4.69) is 18.0 Å². The average molecular weight is 243 g/mol. The first-order valence-corrected chi connectivity index (χ1v) is 6.75. The van der Waals surface area contributed by atoms with Crippen molar-refractivity contribution in [1.82, 2.24) is 0 Å².